The number of amides is 2. The molecule has 0 saturated heterocycles. The first kappa shape index (κ1) is 15.3. The van der Waals surface area contributed by atoms with Crippen molar-refractivity contribution in [2.45, 2.75) is 38.5 Å². The third kappa shape index (κ3) is 3.32. The second kappa shape index (κ2) is 5.35. The Morgan fingerprint density at radius 1 is 1.38 bits per heavy atom. The SMILES string of the molecule is CC(C)(C)OC(=O)NCC[C@@]1(F)C(=O)Nc2ccccc21. The van der Waals surface area contributed by atoms with Gasteiger partial charge < -0.3 is 15.4 Å². The van der Waals surface area contributed by atoms with E-state index in [9.17, 15) is 14.0 Å². The number of benzene rings is 1. The number of hydrogen-bond donors (Lipinski definition) is 2. The number of para-hydroxylation sites is 1. The van der Waals surface area contributed by atoms with E-state index in [4.69, 9.17) is 4.74 Å². The summed E-state index contributed by atoms with van der Waals surface area (Å²) in [4.78, 5) is 23.3. The molecule has 1 heterocycles. The molecule has 0 saturated carbocycles. The van der Waals surface area contributed by atoms with E-state index in [1.165, 1.54) is 0 Å². The van der Waals surface area contributed by atoms with Crippen LogP contribution in [0, 0.1) is 0 Å². The van der Waals surface area contributed by atoms with Gasteiger partial charge in [0.1, 0.15) is 5.60 Å². The maximum atomic E-state index is 14.9. The molecule has 1 aliphatic heterocycles. The average molecular weight is 294 g/mol. The topological polar surface area (TPSA) is 67.4 Å². The Morgan fingerprint density at radius 3 is 2.71 bits per heavy atom. The number of anilines is 1. The molecule has 1 aromatic carbocycles. The summed E-state index contributed by atoms with van der Waals surface area (Å²) >= 11 is 0. The Labute approximate surface area is 122 Å². The lowest BCUT2D eigenvalue weighted by Crippen LogP contribution is -2.37. The second-order valence-electron chi connectivity index (χ2n) is 5.98. The number of rotatable bonds is 3. The molecule has 5 nitrogen and oxygen atoms in total. The second-order valence-corrected chi connectivity index (χ2v) is 5.98. The van der Waals surface area contributed by atoms with E-state index in [2.05, 4.69) is 10.6 Å². The zero-order chi connectivity index (χ0) is 15.7. The third-order valence-corrected chi connectivity index (χ3v) is 3.10. The first-order valence-electron chi connectivity index (χ1n) is 6.79. The van der Waals surface area contributed by atoms with Crippen molar-refractivity contribution in [1.29, 1.82) is 0 Å². The maximum Gasteiger partial charge on any atom is 0.407 e. The first-order chi connectivity index (χ1) is 9.72. The van der Waals surface area contributed by atoms with E-state index in [-0.39, 0.29) is 13.0 Å². The molecular formula is C15H19FN2O3. The number of alkyl carbamates (subject to hydrolysis) is 1. The smallest absolute Gasteiger partial charge is 0.407 e. The summed E-state index contributed by atoms with van der Waals surface area (Å²) in [6, 6.07) is 6.62. The molecule has 0 bridgehead atoms. The lowest BCUT2D eigenvalue weighted by molar-refractivity contribution is -0.127. The van der Waals surface area contributed by atoms with Crippen LogP contribution in [0.15, 0.2) is 24.3 Å². The third-order valence-electron chi connectivity index (χ3n) is 3.10. The van der Waals surface area contributed by atoms with Crippen LogP contribution in [0.25, 0.3) is 0 Å². The Kier molecular flexibility index (Phi) is 3.89. The number of carbonyl (C=O) groups is 2. The molecule has 0 aliphatic carbocycles. The van der Waals surface area contributed by atoms with Gasteiger partial charge in [-0.2, -0.15) is 0 Å². The fourth-order valence-corrected chi connectivity index (χ4v) is 2.18. The summed E-state index contributed by atoms with van der Waals surface area (Å²) in [6.45, 7) is 5.23. The largest absolute Gasteiger partial charge is 0.444 e. The minimum absolute atomic E-state index is 0.00711. The van der Waals surface area contributed by atoms with Crippen molar-refractivity contribution in [3.8, 4) is 0 Å². The van der Waals surface area contributed by atoms with Gasteiger partial charge in [-0.1, -0.05) is 18.2 Å². The predicted molar refractivity (Wildman–Crippen MR) is 76.7 cm³/mol. The van der Waals surface area contributed by atoms with Crippen molar-refractivity contribution in [3.63, 3.8) is 0 Å². The number of fused-ring (bicyclic) bond motifs is 1. The van der Waals surface area contributed by atoms with E-state index in [1.807, 2.05) is 0 Å². The highest BCUT2D eigenvalue weighted by molar-refractivity contribution is 6.04. The van der Waals surface area contributed by atoms with Crippen LogP contribution in [-0.4, -0.2) is 24.1 Å². The Morgan fingerprint density at radius 2 is 2.05 bits per heavy atom. The molecule has 21 heavy (non-hydrogen) atoms. The quantitative estimate of drug-likeness (QED) is 0.900. The minimum Gasteiger partial charge on any atom is -0.444 e. The molecule has 6 heteroatoms. The fourth-order valence-electron chi connectivity index (χ4n) is 2.18. The molecule has 0 radical (unpaired) electrons. The molecule has 1 aliphatic rings. The molecule has 1 atom stereocenters. The molecule has 0 aromatic heterocycles. The maximum absolute atomic E-state index is 14.9. The van der Waals surface area contributed by atoms with Gasteiger partial charge in [-0.3, -0.25) is 4.79 Å². The zero-order valence-corrected chi connectivity index (χ0v) is 12.3. The van der Waals surface area contributed by atoms with Crippen LogP contribution in [0.4, 0.5) is 14.9 Å². The molecule has 114 valence electrons. The number of ether oxygens (including phenoxy) is 1. The van der Waals surface area contributed by atoms with Crippen LogP contribution >= 0.6 is 0 Å². The van der Waals surface area contributed by atoms with E-state index in [1.54, 1.807) is 45.0 Å². The van der Waals surface area contributed by atoms with Crippen LogP contribution in [0.1, 0.15) is 32.8 Å². The molecule has 2 rings (SSSR count). The van der Waals surface area contributed by atoms with E-state index in [0.717, 1.165) is 0 Å². The predicted octanol–water partition coefficient (Wildman–Crippen LogP) is 2.72. The van der Waals surface area contributed by atoms with Crippen LogP contribution in [0.2, 0.25) is 0 Å². The van der Waals surface area contributed by atoms with E-state index >= 15 is 0 Å². The summed E-state index contributed by atoms with van der Waals surface area (Å²) in [5, 5.41) is 4.97. The van der Waals surface area contributed by atoms with Gasteiger partial charge in [0, 0.05) is 24.2 Å². The average Bonchev–Trinajstić information content (AvgIpc) is 2.60. The lowest BCUT2D eigenvalue weighted by Gasteiger charge is -2.21. The molecule has 0 spiro atoms. The van der Waals surface area contributed by atoms with Crippen LogP contribution < -0.4 is 10.6 Å². The summed E-state index contributed by atoms with van der Waals surface area (Å²) in [6.07, 6.45) is -0.771. The highest BCUT2D eigenvalue weighted by Crippen LogP contribution is 2.41. The normalized spacial score (nSPS) is 20.7. The highest BCUT2D eigenvalue weighted by Gasteiger charge is 2.46. The van der Waals surface area contributed by atoms with Gasteiger partial charge in [0.25, 0.3) is 5.91 Å². The van der Waals surface area contributed by atoms with Gasteiger partial charge in [0.15, 0.2) is 0 Å². The van der Waals surface area contributed by atoms with E-state index < -0.39 is 23.3 Å². The van der Waals surface area contributed by atoms with Gasteiger partial charge >= 0.3 is 6.09 Å². The standard InChI is InChI=1S/C15H19FN2O3/c1-14(2,3)21-13(20)17-9-8-15(16)10-6-4-5-7-11(10)18-12(15)19/h4-7H,8-9H2,1-3H3,(H,17,20)(H,18,19)/t15-/m0/s1. The van der Waals surface area contributed by atoms with Crippen LogP contribution in [0.5, 0.6) is 0 Å². The Balaban J connectivity index is 1.97. The summed E-state index contributed by atoms with van der Waals surface area (Å²) < 4.78 is 19.9. The number of halogens is 1. The summed E-state index contributed by atoms with van der Waals surface area (Å²) in [7, 11) is 0. The molecule has 0 fully saturated rings. The van der Waals surface area contributed by atoms with Gasteiger partial charge in [0.05, 0.1) is 0 Å². The van der Waals surface area contributed by atoms with Gasteiger partial charge in [-0.15, -0.1) is 0 Å². The van der Waals surface area contributed by atoms with Gasteiger partial charge in [-0.25, -0.2) is 9.18 Å². The molecule has 1 aromatic rings. The molecule has 2 N–H and O–H groups in total. The molecule has 0 unspecified atom stereocenters. The number of carbonyl (C=O) groups excluding carboxylic acids is 2. The first-order valence-corrected chi connectivity index (χ1v) is 6.79. The van der Waals surface area contributed by atoms with Gasteiger partial charge in [-0.05, 0) is 26.8 Å². The lowest BCUT2D eigenvalue weighted by atomic mass is 9.94. The number of nitrogens with one attached hydrogen (secondary N) is 2. The molecule has 2 amide bonds. The van der Waals surface area contributed by atoms with Crippen molar-refractivity contribution in [3.05, 3.63) is 29.8 Å². The highest BCUT2D eigenvalue weighted by atomic mass is 19.1. The van der Waals surface area contributed by atoms with Crippen molar-refractivity contribution in [2.75, 3.05) is 11.9 Å². The monoisotopic (exact) mass is 294 g/mol. The van der Waals surface area contributed by atoms with E-state index in [0.29, 0.717) is 11.3 Å². The van der Waals surface area contributed by atoms with Crippen LogP contribution in [0.3, 0.4) is 0 Å². The van der Waals surface area contributed by atoms with Crippen molar-refractivity contribution in [2.24, 2.45) is 0 Å². The number of hydrogen-bond acceptors (Lipinski definition) is 3. The van der Waals surface area contributed by atoms with Gasteiger partial charge in [0.2, 0.25) is 5.67 Å². The summed E-state index contributed by atoms with van der Waals surface area (Å²) in [5.74, 6) is -0.699. The Hall–Kier alpha value is -2.11. The van der Waals surface area contributed by atoms with Crippen molar-refractivity contribution in [1.82, 2.24) is 5.32 Å². The number of alkyl halides is 1. The fraction of sp³-hybridized carbons (Fsp3) is 0.467. The van der Waals surface area contributed by atoms with Crippen molar-refractivity contribution < 1.29 is 18.7 Å². The minimum atomic E-state index is -2.12. The van der Waals surface area contributed by atoms with Crippen molar-refractivity contribution >= 4 is 17.7 Å². The Bertz CT molecular complexity index is 568. The van der Waals surface area contributed by atoms with Crippen LogP contribution in [-0.2, 0) is 15.2 Å². The molecular weight excluding hydrogens is 275 g/mol. The summed E-state index contributed by atoms with van der Waals surface area (Å²) in [5.41, 5.74) is -1.95. The zero-order valence-electron chi connectivity index (χ0n) is 12.3.